The number of rotatable bonds is 6. The molecule has 4 heteroatoms. The van der Waals surface area contributed by atoms with Crippen molar-refractivity contribution in [3.05, 3.63) is 58.8 Å². The molecule has 0 aliphatic rings. The first-order valence-corrected chi connectivity index (χ1v) is 6.78. The summed E-state index contributed by atoms with van der Waals surface area (Å²) in [6.07, 6.45) is 4.93. The van der Waals surface area contributed by atoms with E-state index in [1.807, 2.05) is 6.07 Å². The smallest absolute Gasteiger partial charge is 0.127 e. The van der Waals surface area contributed by atoms with Gasteiger partial charge in [0, 0.05) is 16.6 Å². The summed E-state index contributed by atoms with van der Waals surface area (Å²) in [5.41, 5.74) is 1.68. The largest absolute Gasteiger partial charge is 0.472 e. The number of hydrogen-bond donors (Lipinski definition) is 1. The lowest BCUT2D eigenvalue weighted by atomic mass is 10.0. The van der Waals surface area contributed by atoms with Crippen LogP contribution in [0.5, 0.6) is 0 Å². The fourth-order valence-corrected chi connectivity index (χ4v) is 2.17. The Balaban J connectivity index is 2.15. The summed E-state index contributed by atoms with van der Waals surface area (Å²) >= 11 is 5.77. The molecule has 0 radical (unpaired) electrons. The summed E-state index contributed by atoms with van der Waals surface area (Å²) in [6, 6.07) is 6.75. The molecule has 1 heterocycles. The Morgan fingerprint density at radius 3 is 2.84 bits per heavy atom. The van der Waals surface area contributed by atoms with E-state index >= 15 is 0 Å². The van der Waals surface area contributed by atoms with E-state index in [0.717, 1.165) is 18.5 Å². The molecule has 0 saturated carbocycles. The number of halogens is 2. The van der Waals surface area contributed by atoms with Gasteiger partial charge in [-0.2, -0.15) is 0 Å². The van der Waals surface area contributed by atoms with E-state index in [1.54, 1.807) is 24.7 Å². The van der Waals surface area contributed by atoms with Gasteiger partial charge in [0.15, 0.2) is 0 Å². The summed E-state index contributed by atoms with van der Waals surface area (Å²) in [6.45, 7) is 2.98. The van der Waals surface area contributed by atoms with Crippen LogP contribution < -0.4 is 5.32 Å². The van der Waals surface area contributed by atoms with E-state index in [4.69, 9.17) is 16.0 Å². The molecule has 2 aromatic rings. The molecule has 102 valence electrons. The lowest BCUT2D eigenvalue weighted by molar-refractivity contribution is 0.501. The molecular formula is C15H17ClFNO. The maximum Gasteiger partial charge on any atom is 0.127 e. The number of nitrogens with one attached hydrogen (secondary N) is 1. The minimum atomic E-state index is -0.265. The fourth-order valence-electron chi connectivity index (χ4n) is 2.01. The average Bonchev–Trinajstić information content (AvgIpc) is 2.90. The van der Waals surface area contributed by atoms with Gasteiger partial charge in [-0.3, -0.25) is 0 Å². The van der Waals surface area contributed by atoms with Crippen molar-refractivity contribution in [2.75, 3.05) is 6.54 Å². The Morgan fingerprint density at radius 1 is 1.37 bits per heavy atom. The molecular weight excluding hydrogens is 265 g/mol. The molecule has 0 aliphatic carbocycles. The van der Waals surface area contributed by atoms with Crippen molar-refractivity contribution in [2.24, 2.45) is 0 Å². The van der Waals surface area contributed by atoms with Crippen LogP contribution in [0, 0.1) is 5.82 Å². The summed E-state index contributed by atoms with van der Waals surface area (Å²) in [4.78, 5) is 0. The van der Waals surface area contributed by atoms with Crippen LogP contribution in [0.1, 0.15) is 30.5 Å². The van der Waals surface area contributed by atoms with Crippen LogP contribution in [-0.4, -0.2) is 6.54 Å². The molecule has 1 atom stereocenters. The van der Waals surface area contributed by atoms with Crippen LogP contribution in [0.15, 0.2) is 41.2 Å². The summed E-state index contributed by atoms with van der Waals surface area (Å²) in [7, 11) is 0. The second-order valence-electron chi connectivity index (χ2n) is 4.50. The van der Waals surface area contributed by atoms with Crippen LogP contribution >= 0.6 is 11.6 Å². The first kappa shape index (κ1) is 14.1. The molecule has 1 aromatic carbocycles. The Morgan fingerprint density at radius 2 is 2.21 bits per heavy atom. The van der Waals surface area contributed by atoms with Gasteiger partial charge in [-0.15, -0.1) is 0 Å². The lowest BCUT2D eigenvalue weighted by Crippen LogP contribution is -2.24. The molecule has 0 saturated heterocycles. The number of benzene rings is 1. The van der Waals surface area contributed by atoms with Gasteiger partial charge in [-0.25, -0.2) is 4.39 Å². The van der Waals surface area contributed by atoms with Gasteiger partial charge in [-0.1, -0.05) is 24.6 Å². The van der Waals surface area contributed by atoms with E-state index < -0.39 is 0 Å². The van der Waals surface area contributed by atoms with E-state index in [9.17, 15) is 4.39 Å². The highest BCUT2D eigenvalue weighted by atomic mass is 35.5. The van der Waals surface area contributed by atoms with Crippen molar-refractivity contribution >= 4 is 11.6 Å². The van der Waals surface area contributed by atoms with Crippen molar-refractivity contribution in [2.45, 2.75) is 25.8 Å². The molecule has 2 nitrogen and oxygen atoms in total. The molecule has 0 aliphatic heterocycles. The highest BCUT2D eigenvalue weighted by Crippen LogP contribution is 2.22. The normalized spacial score (nSPS) is 12.6. The molecule has 0 fully saturated rings. The quantitative estimate of drug-likeness (QED) is 0.851. The zero-order valence-corrected chi connectivity index (χ0v) is 11.6. The minimum absolute atomic E-state index is 0.0503. The van der Waals surface area contributed by atoms with Crippen LogP contribution in [-0.2, 0) is 6.42 Å². The fraction of sp³-hybridized carbons (Fsp3) is 0.333. The van der Waals surface area contributed by atoms with Gasteiger partial charge >= 0.3 is 0 Å². The Bertz CT molecular complexity index is 513. The van der Waals surface area contributed by atoms with E-state index in [0.29, 0.717) is 17.0 Å². The third-order valence-electron chi connectivity index (χ3n) is 3.03. The SMILES string of the molecule is CCCNC(Cc1ccc(Cl)cc1F)c1ccoc1. The topological polar surface area (TPSA) is 25.2 Å². The maximum atomic E-state index is 13.8. The zero-order chi connectivity index (χ0) is 13.7. The average molecular weight is 282 g/mol. The highest BCUT2D eigenvalue weighted by Gasteiger charge is 2.15. The first-order chi connectivity index (χ1) is 9.20. The van der Waals surface area contributed by atoms with E-state index in [2.05, 4.69) is 12.2 Å². The predicted molar refractivity (Wildman–Crippen MR) is 74.9 cm³/mol. The van der Waals surface area contributed by atoms with Crippen LogP contribution in [0.2, 0.25) is 5.02 Å². The summed E-state index contributed by atoms with van der Waals surface area (Å²) in [5, 5.41) is 3.82. The minimum Gasteiger partial charge on any atom is -0.472 e. The molecule has 0 bridgehead atoms. The van der Waals surface area contributed by atoms with Gasteiger partial charge in [0.1, 0.15) is 5.82 Å². The zero-order valence-electron chi connectivity index (χ0n) is 10.8. The molecule has 0 amide bonds. The van der Waals surface area contributed by atoms with Crippen molar-refractivity contribution in [1.82, 2.24) is 5.32 Å². The third-order valence-corrected chi connectivity index (χ3v) is 3.26. The maximum absolute atomic E-state index is 13.8. The summed E-state index contributed by atoms with van der Waals surface area (Å²) in [5.74, 6) is -0.265. The second-order valence-corrected chi connectivity index (χ2v) is 4.94. The van der Waals surface area contributed by atoms with E-state index in [1.165, 1.54) is 6.07 Å². The number of furan rings is 1. The molecule has 0 spiro atoms. The molecule has 19 heavy (non-hydrogen) atoms. The predicted octanol–water partition coefficient (Wildman–Crippen LogP) is 4.36. The molecule has 1 unspecified atom stereocenters. The van der Waals surface area contributed by atoms with Crippen molar-refractivity contribution in [3.8, 4) is 0 Å². The van der Waals surface area contributed by atoms with Gasteiger partial charge in [0.05, 0.1) is 12.5 Å². The first-order valence-electron chi connectivity index (χ1n) is 6.40. The van der Waals surface area contributed by atoms with Gasteiger partial charge in [0.2, 0.25) is 0 Å². The summed E-state index contributed by atoms with van der Waals surface area (Å²) < 4.78 is 18.9. The van der Waals surface area contributed by atoms with E-state index in [-0.39, 0.29) is 11.9 Å². The molecule has 1 aromatic heterocycles. The van der Waals surface area contributed by atoms with Crippen LogP contribution in [0.3, 0.4) is 0 Å². The Labute approximate surface area is 117 Å². The van der Waals surface area contributed by atoms with Gasteiger partial charge < -0.3 is 9.73 Å². The van der Waals surface area contributed by atoms with Gasteiger partial charge in [-0.05, 0) is 43.1 Å². The molecule has 1 N–H and O–H groups in total. The Kier molecular flexibility index (Phi) is 5.00. The van der Waals surface area contributed by atoms with Crippen molar-refractivity contribution in [3.63, 3.8) is 0 Å². The van der Waals surface area contributed by atoms with Crippen molar-refractivity contribution < 1.29 is 8.81 Å². The van der Waals surface area contributed by atoms with Gasteiger partial charge in [0.25, 0.3) is 0 Å². The second kappa shape index (κ2) is 6.73. The Hall–Kier alpha value is -1.32. The third kappa shape index (κ3) is 3.82. The van der Waals surface area contributed by atoms with Crippen LogP contribution in [0.25, 0.3) is 0 Å². The van der Waals surface area contributed by atoms with Crippen LogP contribution in [0.4, 0.5) is 4.39 Å². The monoisotopic (exact) mass is 281 g/mol. The van der Waals surface area contributed by atoms with Crippen molar-refractivity contribution in [1.29, 1.82) is 0 Å². The molecule has 2 rings (SSSR count). The lowest BCUT2D eigenvalue weighted by Gasteiger charge is -2.17. The number of hydrogen-bond acceptors (Lipinski definition) is 2. The highest BCUT2D eigenvalue weighted by molar-refractivity contribution is 6.30. The standard InChI is InChI=1S/C15H17ClFNO/c1-2-6-18-15(12-5-7-19-10-12)8-11-3-4-13(16)9-14(11)17/h3-5,7,9-10,15,18H,2,6,8H2,1H3.